The number of hydrogen-bond acceptors (Lipinski definition) is 4. The van der Waals surface area contributed by atoms with Crippen LogP contribution in [0.1, 0.15) is 18.5 Å². The summed E-state index contributed by atoms with van der Waals surface area (Å²) < 4.78 is 5.25. The van der Waals surface area contributed by atoms with Gasteiger partial charge in [0.15, 0.2) is 0 Å². The van der Waals surface area contributed by atoms with Gasteiger partial charge in [0.25, 0.3) is 0 Å². The van der Waals surface area contributed by atoms with Crippen LogP contribution in [0.25, 0.3) is 0 Å². The van der Waals surface area contributed by atoms with E-state index in [4.69, 9.17) is 4.74 Å². The predicted molar refractivity (Wildman–Crippen MR) is 87.0 cm³/mol. The number of pyridine rings is 1. The van der Waals surface area contributed by atoms with E-state index in [0.29, 0.717) is 13.2 Å². The number of halogens is 2. The molecule has 1 aliphatic heterocycles. The smallest absolute Gasteiger partial charge is 0.228 e. The number of rotatable bonds is 5. The molecule has 0 spiro atoms. The van der Waals surface area contributed by atoms with Crippen LogP contribution in [-0.2, 0) is 16.1 Å². The number of carbonyl (C=O) groups excluding carboxylic acids is 1. The number of nitrogens with one attached hydrogen (secondary N) is 2. The van der Waals surface area contributed by atoms with Crippen LogP contribution in [-0.4, -0.2) is 37.7 Å². The molecule has 1 aliphatic rings. The van der Waals surface area contributed by atoms with Gasteiger partial charge in [-0.25, -0.2) is 0 Å². The first-order valence-corrected chi connectivity index (χ1v) is 6.65. The van der Waals surface area contributed by atoms with Gasteiger partial charge in [-0.2, -0.15) is 0 Å². The minimum absolute atomic E-state index is 0. The maximum Gasteiger partial charge on any atom is 0.228 e. The highest BCUT2D eigenvalue weighted by Gasteiger charge is 2.39. The van der Waals surface area contributed by atoms with Crippen molar-refractivity contribution in [3.8, 4) is 0 Å². The lowest BCUT2D eigenvalue weighted by Gasteiger charge is -2.35. The minimum atomic E-state index is -0.394. The fraction of sp³-hybridized carbons (Fsp3) is 0.571. The lowest BCUT2D eigenvalue weighted by Crippen LogP contribution is -2.50. The van der Waals surface area contributed by atoms with Crippen molar-refractivity contribution < 1.29 is 9.53 Å². The second kappa shape index (κ2) is 9.95. The van der Waals surface area contributed by atoms with Gasteiger partial charge in [-0.1, -0.05) is 6.07 Å². The molecule has 2 rings (SSSR count). The second-order valence-electron chi connectivity index (χ2n) is 4.97. The fourth-order valence-electron chi connectivity index (χ4n) is 2.48. The standard InChI is InChI=1S/C14H21N3O2.2ClH/c1-19-11-14(5-8-15-9-6-14)13(18)17-10-12-4-2-3-7-16-12;;/h2-4,7,15H,5-6,8-11H2,1H3,(H,17,18);2*1H. The summed E-state index contributed by atoms with van der Waals surface area (Å²) in [6.07, 6.45) is 3.36. The Kier molecular flexibility index (Phi) is 9.53. The molecule has 0 atom stereocenters. The molecule has 1 aromatic rings. The Morgan fingerprint density at radius 2 is 2.10 bits per heavy atom. The molecule has 21 heavy (non-hydrogen) atoms. The van der Waals surface area contributed by atoms with E-state index in [-0.39, 0.29) is 30.7 Å². The number of nitrogens with zero attached hydrogens (tertiary/aromatic N) is 1. The Labute approximate surface area is 138 Å². The monoisotopic (exact) mass is 335 g/mol. The number of amides is 1. The third kappa shape index (κ3) is 5.43. The number of ether oxygens (including phenoxy) is 1. The van der Waals surface area contributed by atoms with E-state index in [9.17, 15) is 4.79 Å². The van der Waals surface area contributed by atoms with Crippen molar-refractivity contribution in [3.63, 3.8) is 0 Å². The summed E-state index contributed by atoms with van der Waals surface area (Å²) in [6, 6.07) is 5.69. The Hall–Kier alpha value is -0.880. The van der Waals surface area contributed by atoms with Crippen molar-refractivity contribution in [2.45, 2.75) is 19.4 Å². The average Bonchev–Trinajstić information content (AvgIpc) is 2.47. The molecule has 0 bridgehead atoms. The van der Waals surface area contributed by atoms with Gasteiger partial charge in [0.05, 0.1) is 24.3 Å². The number of methoxy groups -OCH3 is 1. The van der Waals surface area contributed by atoms with Gasteiger partial charge in [0.1, 0.15) is 0 Å². The number of aromatic nitrogens is 1. The molecule has 2 N–H and O–H groups in total. The normalized spacial score (nSPS) is 16.2. The summed E-state index contributed by atoms with van der Waals surface area (Å²) in [6.45, 7) is 2.67. The summed E-state index contributed by atoms with van der Waals surface area (Å²) in [5.41, 5.74) is 0.478. The van der Waals surface area contributed by atoms with Crippen LogP contribution in [0.4, 0.5) is 0 Å². The molecule has 1 saturated heterocycles. The lowest BCUT2D eigenvalue weighted by molar-refractivity contribution is -0.136. The van der Waals surface area contributed by atoms with E-state index in [1.807, 2.05) is 18.2 Å². The zero-order valence-corrected chi connectivity index (χ0v) is 13.8. The van der Waals surface area contributed by atoms with Gasteiger partial charge in [-0.3, -0.25) is 9.78 Å². The maximum absolute atomic E-state index is 12.4. The van der Waals surface area contributed by atoms with Gasteiger partial charge in [-0.05, 0) is 38.1 Å². The van der Waals surface area contributed by atoms with Crippen molar-refractivity contribution >= 4 is 30.7 Å². The van der Waals surface area contributed by atoms with Gasteiger partial charge in [-0.15, -0.1) is 24.8 Å². The van der Waals surface area contributed by atoms with Crippen molar-refractivity contribution in [1.29, 1.82) is 0 Å². The maximum atomic E-state index is 12.4. The average molecular weight is 336 g/mol. The summed E-state index contributed by atoms with van der Waals surface area (Å²) in [7, 11) is 1.65. The second-order valence-corrected chi connectivity index (χ2v) is 4.97. The third-order valence-electron chi connectivity index (χ3n) is 3.62. The molecule has 2 heterocycles. The molecule has 120 valence electrons. The van der Waals surface area contributed by atoms with Crippen LogP contribution >= 0.6 is 24.8 Å². The van der Waals surface area contributed by atoms with Gasteiger partial charge < -0.3 is 15.4 Å². The third-order valence-corrected chi connectivity index (χ3v) is 3.62. The SMILES string of the molecule is COCC1(C(=O)NCc2ccccn2)CCNCC1.Cl.Cl. The Bertz CT molecular complexity index is 406. The number of carbonyl (C=O) groups is 1. The topological polar surface area (TPSA) is 63.2 Å². The van der Waals surface area contributed by atoms with Gasteiger partial charge >= 0.3 is 0 Å². The summed E-state index contributed by atoms with van der Waals surface area (Å²) in [4.78, 5) is 16.6. The molecule has 0 radical (unpaired) electrons. The highest BCUT2D eigenvalue weighted by Crippen LogP contribution is 2.29. The van der Waals surface area contributed by atoms with Crippen LogP contribution in [0.5, 0.6) is 0 Å². The molecule has 0 unspecified atom stereocenters. The van der Waals surface area contributed by atoms with E-state index >= 15 is 0 Å². The lowest BCUT2D eigenvalue weighted by atomic mass is 9.78. The first-order chi connectivity index (χ1) is 9.27. The molecule has 1 fully saturated rings. The largest absolute Gasteiger partial charge is 0.384 e. The van der Waals surface area contributed by atoms with Crippen molar-refractivity contribution in [2.24, 2.45) is 5.41 Å². The number of hydrogen-bond donors (Lipinski definition) is 2. The molecule has 0 saturated carbocycles. The Balaban J connectivity index is 0.00000200. The fourth-order valence-corrected chi connectivity index (χ4v) is 2.48. The molecule has 0 aromatic carbocycles. The van der Waals surface area contributed by atoms with E-state index < -0.39 is 5.41 Å². The van der Waals surface area contributed by atoms with E-state index in [0.717, 1.165) is 31.6 Å². The highest BCUT2D eigenvalue weighted by molar-refractivity contribution is 5.85. The predicted octanol–water partition coefficient (Wildman–Crippen LogP) is 1.56. The van der Waals surface area contributed by atoms with Gasteiger partial charge in [0.2, 0.25) is 5.91 Å². The number of piperidine rings is 1. The van der Waals surface area contributed by atoms with Gasteiger partial charge in [0, 0.05) is 13.3 Å². The highest BCUT2D eigenvalue weighted by atomic mass is 35.5. The van der Waals surface area contributed by atoms with E-state index in [2.05, 4.69) is 15.6 Å². The quantitative estimate of drug-likeness (QED) is 0.857. The van der Waals surface area contributed by atoms with E-state index in [1.165, 1.54) is 0 Å². The van der Waals surface area contributed by atoms with Crippen LogP contribution in [0.2, 0.25) is 0 Å². The van der Waals surface area contributed by atoms with E-state index in [1.54, 1.807) is 13.3 Å². The van der Waals surface area contributed by atoms with Crippen molar-refractivity contribution in [3.05, 3.63) is 30.1 Å². The van der Waals surface area contributed by atoms with Crippen LogP contribution in [0.3, 0.4) is 0 Å². The zero-order valence-electron chi connectivity index (χ0n) is 12.1. The summed E-state index contributed by atoms with van der Waals surface area (Å²) >= 11 is 0. The molecular weight excluding hydrogens is 313 g/mol. The molecule has 1 amide bonds. The van der Waals surface area contributed by atoms with Crippen LogP contribution in [0, 0.1) is 5.41 Å². The first-order valence-electron chi connectivity index (χ1n) is 6.65. The molecule has 1 aromatic heterocycles. The summed E-state index contributed by atoms with van der Waals surface area (Å²) in [5.74, 6) is 0.0708. The summed E-state index contributed by atoms with van der Waals surface area (Å²) in [5, 5.41) is 6.26. The van der Waals surface area contributed by atoms with Crippen LogP contribution in [0.15, 0.2) is 24.4 Å². The molecule has 0 aliphatic carbocycles. The molecule has 5 nitrogen and oxygen atoms in total. The Morgan fingerprint density at radius 3 is 2.67 bits per heavy atom. The molecule has 7 heteroatoms. The zero-order chi connectivity index (χ0) is 13.6. The first kappa shape index (κ1) is 20.1. The Morgan fingerprint density at radius 1 is 1.38 bits per heavy atom. The van der Waals surface area contributed by atoms with Crippen LogP contribution < -0.4 is 10.6 Å². The van der Waals surface area contributed by atoms with Crippen molar-refractivity contribution in [1.82, 2.24) is 15.6 Å². The minimum Gasteiger partial charge on any atom is -0.384 e. The molecular formula is C14H23Cl2N3O2. The van der Waals surface area contributed by atoms with Crippen molar-refractivity contribution in [2.75, 3.05) is 26.8 Å².